The van der Waals surface area contributed by atoms with Gasteiger partial charge in [-0.1, -0.05) is 16.8 Å². The molecule has 1 aromatic heterocycles. The lowest BCUT2D eigenvalue weighted by atomic mass is 10.2. The fourth-order valence-electron chi connectivity index (χ4n) is 1.87. The van der Waals surface area contributed by atoms with Crippen LogP contribution in [0.3, 0.4) is 0 Å². The largest absolute Gasteiger partial charge is 0.367 e. The van der Waals surface area contributed by atoms with E-state index in [1.54, 1.807) is 12.1 Å². The summed E-state index contributed by atoms with van der Waals surface area (Å²) < 4.78 is 11.7. The SMILES string of the molecule is Clc1ccc(-c2nc(C3CNCCO3)no2)c(Br)c1. The van der Waals surface area contributed by atoms with Gasteiger partial charge in [-0.05, 0) is 34.1 Å². The first kappa shape index (κ1) is 13.1. The second-order valence-electron chi connectivity index (χ2n) is 4.15. The quantitative estimate of drug-likeness (QED) is 0.908. The minimum atomic E-state index is -0.155. The van der Waals surface area contributed by atoms with Crippen LogP contribution in [-0.4, -0.2) is 29.8 Å². The maximum Gasteiger partial charge on any atom is 0.259 e. The van der Waals surface area contributed by atoms with Crippen molar-refractivity contribution >= 4 is 27.5 Å². The van der Waals surface area contributed by atoms with Gasteiger partial charge in [-0.3, -0.25) is 0 Å². The lowest BCUT2D eigenvalue weighted by molar-refractivity contribution is 0.0208. The van der Waals surface area contributed by atoms with Crippen LogP contribution in [0.15, 0.2) is 27.2 Å². The zero-order valence-electron chi connectivity index (χ0n) is 9.90. The van der Waals surface area contributed by atoms with Crippen molar-refractivity contribution in [2.24, 2.45) is 0 Å². The van der Waals surface area contributed by atoms with E-state index >= 15 is 0 Å². The number of ether oxygens (including phenoxy) is 1. The molecule has 1 aliphatic heterocycles. The molecular formula is C12H11BrClN3O2. The molecule has 1 atom stereocenters. The number of hydrogen-bond acceptors (Lipinski definition) is 5. The smallest absolute Gasteiger partial charge is 0.259 e. The first-order valence-electron chi connectivity index (χ1n) is 5.85. The minimum Gasteiger partial charge on any atom is -0.367 e. The van der Waals surface area contributed by atoms with Gasteiger partial charge in [0.25, 0.3) is 5.89 Å². The van der Waals surface area contributed by atoms with Crippen LogP contribution < -0.4 is 5.32 Å². The maximum atomic E-state index is 5.91. The Morgan fingerprint density at radius 1 is 1.42 bits per heavy atom. The third kappa shape index (κ3) is 2.81. The van der Waals surface area contributed by atoms with E-state index < -0.39 is 0 Å². The summed E-state index contributed by atoms with van der Waals surface area (Å²) in [7, 11) is 0. The average molecular weight is 345 g/mol. The molecule has 0 saturated carbocycles. The van der Waals surface area contributed by atoms with Crippen LogP contribution in [-0.2, 0) is 4.74 Å². The molecule has 3 rings (SSSR count). The number of nitrogens with zero attached hydrogens (tertiary/aromatic N) is 2. The fourth-order valence-corrected chi connectivity index (χ4v) is 2.72. The lowest BCUT2D eigenvalue weighted by Crippen LogP contribution is -2.33. The summed E-state index contributed by atoms with van der Waals surface area (Å²) in [6.45, 7) is 2.20. The van der Waals surface area contributed by atoms with Crippen molar-refractivity contribution in [1.29, 1.82) is 0 Å². The Hall–Kier alpha value is -0.950. The van der Waals surface area contributed by atoms with Gasteiger partial charge < -0.3 is 14.6 Å². The highest BCUT2D eigenvalue weighted by molar-refractivity contribution is 9.10. The molecule has 1 unspecified atom stereocenters. The monoisotopic (exact) mass is 343 g/mol. The normalized spacial score (nSPS) is 19.6. The van der Waals surface area contributed by atoms with Crippen LogP contribution in [0.4, 0.5) is 0 Å². The van der Waals surface area contributed by atoms with Gasteiger partial charge in [0, 0.05) is 22.6 Å². The molecule has 2 heterocycles. The van der Waals surface area contributed by atoms with Crippen molar-refractivity contribution in [2.45, 2.75) is 6.10 Å². The van der Waals surface area contributed by atoms with Crippen molar-refractivity contribution in [3.05, 3.63) is 33.5 Å². The number of halogens is 2. The number of nitrogens with one attached hydrogen (secondary N) is 1. The molecule has 5 nitrogen and oxygen atoms in total. The summed E-state index contributed by atoms with van der Waals surface area (Å²) in [5.74, 6) is 1.01. The summed E-state index contributed by atoms with van der Waals surface area (Å²) in [4.78, 5) is 4.38. The Labute approximate surface area is 123 Å². The van der Waals surface area contributed by atoms with Gasteiger partial charge in [0.15, 0.2) is 0 Å². The number of benzene rings is 1. The van der Waals surface area contributed by atoms with Gasteiger partial charge in [-0.15, -0.1) is 0 Å². The van der Waals surface area contributed by atoms with E-state index in [4.69, 9.17) is 20.9 Å². The highest BCUT2D eigenvalue weighted by Gasteiger charge is 2.22. The van der Waals surface area contributed by atoms with Crippen LogP contribution in [0.5, 0.6) is 0 Å². The van der Waals surface area contributed by atoms with Crippen LogP contribution in [0, 0.1) is 0 Å². The summed E-state index contributed by atoms with van der Waals surface area (Å²) in [6, 6.07) is 5.41. The molecule has 0 bridgehead atoms. The van der Waals surface area contributed by atoms with Crippen LogP contribution in [0.1, 0.15) is 11.9 Å². The van der Waals surface area contributed by atoms with Crippen LogP contribution >= 0.6 is 27.5 Å². The summed E-state index contributed by atoms with van der Waals surface area (Å²) in [5.41, 5.74) is 0.812. The zero-order valence-corrected chi connectivity index (χ0v) is 12.2. The van der Waals surface area contributed by atoms with Gasteiger partial charge in [-0.25, -0.2) is 0 Å². The Morgan fingerprint density at radius 2 is 2.32 bits per heavy atom. The molecule has 2 aromatic rings. The molecule has 1 aromatic carbocycles. The van der Waals surface area contributed by atoms with Gasteiger partial charge >= 0.3 is 0 Å². The second kappa shape index (κ2) is 5.58. The van der Waals surface area contributed by atoms with E-state index in [-0.39, 0.29) is 6.10 Å². The molecule has 0 aliphatic carbocycles. The van der Waals surface area contributed by atoms with E-state index in [9.17, 15) is 0 Å². The molecule has 0 spiro atoms. The Balaban J connectivity index is 1.87. The second-order valence-corrected chi connectivity index (χ2v) is 5.44. The van der Waals surface area contributed by atoms with Gasteiger partial charge in [0.05, 0.1) is 12.2 Å². The Morgan fingerprint density at radius 3 is 3.05 bits per heavy atom. The van der Waals surface area contributed by atoms with Gasteiger partial charge in [0.1, 0.15) is 6.10 Å². The van der Waals surface area contributed by atoms with E-state index in [0.717, 1.165) is 16.6 Å². The number of hydrogen-bond donors (Lipinski definition) is 1. The standard InChI is InChI=1S/C12H11BrClN3O2/c13-9-5-7(14)1-2-8(9)12-16-11(17-19-12)10-6-15-3-4-18-10/h1-2,5,10,15H,3-4,6H2. The molecule has 1 fully saturated rings. The third-order valence-electron chi connectivity index (χ3n) is 2.82. The minimum absolute atomic E-state index is 0.155. The highest BCUT2D eigenvalue weighted by Crippen LogP contribution is 2.30. The fraction of sp³-hybridized carbons (Fsp3) is 0.333. The molecule has 0 radical (unpaired) electrons. The van der Waals surface area contributed by atoms with Gasteiger partial charge in [-0.2, -0.15) is 4.98 Å². The highest BCUT2D eigenvalue weighted by atomic mass is 79.9. The molecule has 0 amide bonds. The van der Waals surface area contributed by atoms with E-state index in [2.05, 4.69) is 31.4 Å². The van der Waals surface area contributed by atoms with Crippen molar-refractivity contribution in [2.75, 3.05) is 19.7 Å². The molecule has 1 aliphatic rings. The molecule has 1 saturated heterocycles. The predicted octanol–water partition coefficient (Wildman–Crippen LogP) is 2.81. The first-order valence-corrected chi connectivity index (χ1v) is 7.02. The number of rotatable bonds is 2. The summed E-state index contributed by atoms with van der Waals surface area (Å²) in [6.07, 6.45) is -0.155. The number of morpholine rings is 1. The van der Waals surface area contributed by atoms with Crippen molar-refractivity contribution in [1.82, 2.24) is 15.5 Å². The lowest BCUT2D eigenvalue weighted by Gasteiger charge is -2.20. The summed E-state index contributed by atoms with van der Waals surface area (Å²) in [5, 5.41) is 7.85. The Kier molecular flexibility index (Phi) is 3.83. The van der Waals surface area contributed by atoms with Crippen molar-refractivity contribution < 1.29 is 9.26 Å². The third-order valence-corrected chi connectivity index (χ3v) is 3.71. The molecule has 19 heavy (non-hydrogen) atoms. The Bertz CT molecular complexity index is 584. The average Bonchev–Trinajstić information content (AvgIpc) is 2.89. The molecular weight excluding hydrogens is 334 g/mol. The van der Waals surface area contributed by atoms with E-state index in [1.165, 1.54) is 0 Å². The van der Waals surface area contributed by atoms with E-state index in [1.807, 2.05) is 6.07 Å². The van der Waals surface area contributed by atoms with Crippen LogP contribution in [0.25, 0.3) is 11.5 Å². The zero-order chi connectivity index (χ0) is 13.2. The topological polar surface area (TPSA) is 60.2 Å². The maximum absolute atomic E-state index is 5.91. The molecule has 7 heteroatoms. The predicted molar refractivity (Wildman–Crippen MR) is 74.0 cm³/mol. The molecule has 100 valence electrons. The summed E-state index contributed by atoms with van der Waals surface area (Å²) >= 11 is 9.34. The van der Waals surface area contributed by atoms with E-state index in [0.29, 0.717) is 29.9 Å². The molecule has 1 N–H and O–H groups in total. The van der Waals surface area contributed by atoms with Gasteiger partial charge in [0.2, 0.25) is 5.82 Å². The number of aromatic nitrogens is 2. The van der Waals surface area contributed by atoms with Crippen molar-refractivity contribution in [3.8, 4) is 11.5 Å². The first-order chi connectivity index (χ1) is 9.24. The van der Waals surface area contributed by atoms with Crippen molar-refractivity contribution in [3.63, 3.8) is 0 Å². The van der Waals surface area contributed by atoms with Crippen LogP contribution in [0.2, 0.25) is 5.02 Å².